The highest BCUT2D eigenvalue weighted by Gasteiger charge is 2.29. The zero-order valence-electron chi connectivity index (χ0n) is 22.6. The minimum atomic E-state index is -0.741. The van der Waals surface area contributed by atoms with Crippen molar-refractivity contribution in [1.29, 1.82) is 0 Å². The molecule has 0 aliphatic carbocycles. The number of pyridine rings is 1. The maximum absolute atomic E-state index is 14.9. The van der Waals surface area contributed by atoms with Gasteiger partial charge in [-0.05, 0) is 82.1 Å². The summed E-state index contributed by atoms with van der Waals surface area (Å²) in [5.41, 5.74) is 7.98. The molecule has 1 aromatic heterocycles. The second-order valence-corrected chi connectivity index (χ2v) is 10.6. The number of halogens is 1. The van der Waals surface area contributed by atoms with Gasteiger partial charge in [-0.3, -0.25) is 4.79 Å². The SMILES string of the molecule is CC(C)OC(=O)N1CCC(C(C)Oc2ccc(-c3ccc(C[C@H](N)C(=O)N4CCCC4)c(F)c3)cn2)CC1. The van der Waals surface area contributed by atoms with Gasteiger partial charge in [0, 0.05) is 44.0 Å². The van der Waals surface area contributed by atoms with Gasteiger partial charge < -0.3 is 25.0 Å². The van der Waals surface area contributed by atoms with Crippen LogP contribution >= 0.6 is 0 Å². The lowest BCUT2D eigenvalue weighted by atomic mass is 9.92. The zero-order valence-corrected chi connectivity index (χ0v) is 22.6. The fourth-order valence-electron chi connectivity index (χ4n) is 5.12. The molecule has 0 saturated carbocycles. The molecule has 3 heterocycles. The van der Waals surface area contributed by atoms with Crippen molar-refractivity contribution in [1.82, 2.24) is 14.8 Å². The largest absolute Gasteiger partial charge is 0.474 e. The van der Waals surface area contributed by atoms with Crippen LogP contribution in [-0.2, 0) is 16.0 Å². The average Bonchev–Trinajstić information content (AvgIpc) is 3.44. The number of nitrogens with zero attached hydrogens (tertiary/aromatic N) is 3. The zero-order chi connectivity index (χ0) is 27.2. The van der Waals surface area contributed by atoms with Crippen LogP contribution in [-0.4, -0.2) is 71.2 Å². The molecule has 1 aromatic carbocycles. The Morgan fingerprint density at radius 1 is 1.03 bits per heavy atom. The van der Waals surface area contributed by atoms with E-state index in [2.05, 4.69) is 4.98 Å². The van der Waals surface area contributed by atoms with Gasteiger partial charge in [0.15, 0.2) is 0 Å². The van der Waals surface area contributed by atoms with Crippen LogP contribution in [0.3, 0.4) is 0 Å². The van der Waals surface area contributed by atoms with Crippen LogP contribution in [0.4, 0.5) is 9.18 Å². The average molecular weight is 527 g/mol. The molecule has 2 N–H and O–H groups in total. The van der Waals surface area contributed by atoms with Crippen LogP contribution in [0.1, 0.15) is 52.0 Å². The number of carbonyl (C=O) groups excluding carboxylic acids is 2. The minimum Gasteiger partial charge on any atom is -0.474 e. The van der Waals surface area contributed by atoms with Crippen molar-refractivity contribution in [2.45, 2.75) is 71.1 Å². The molecule has 2 aliphatic rings. The summed E-state index contributed by atoms with van der Waals surface area (Å²) in [4.78, 5) is 32.5. The molecule has 0 radical (unpaired) electrons. The van der Waals surface area contributed by atoms with Gasteiger partial charge >= 0.3 is 6.09 Å². The van der Waals surface area contributed by atoms with E-state index in [9.17, 15) is 14.0 Å². The third kappa shape index (κ3) is 7.01. The second-order valence-electron chi connectivity index (χ2n) is 10.6. The predicted molar refractivity (Wildman–Crippen MR) is 143 cm³/mol. The van der Waals surface area contributed by atoms with Crippen molar-refractivity contribution < 1.29 is 23.5 Å². The molecule has 2 amide bonds. The summed E-state index contributed by atoms with van der Waals surface area (Å²) in [6.45, 7) is 8.47. The van der Waals surface area contributed by atoms with Crippen LogP contribution in [0.25, 0.3) is 11.1 Å². The summed E-state index contributed by atoms with van der Waals surface area (Å²) in [6, 6.07) is 7.88. The van der Waals surface area contributed by atoms with Gasteiger partial charge in [-0.25, -0.2) is 14.2 Å². The monoisotopic (exact) mass is 526 g/mol. The molecule has 2 fully saturated rings. The number of rotatable bonds is 8. The summed E-state index contributed by atoms with van der Waals surface area (Å²) in [7, 11) is 0. The van der Waals surface area contributed by atoms with E-state index in [-0.39, 0.29) is 36.4 Å². The standard InChI is InChI=1S/C29H39FN4O4/c1-19(2)37-29(36)34-14-10-21(11-15-34)20(3)38-27-9-8-24(18-32-27)22-6-7-23(25(30)16-22)17-26(31)28(35)33-12-4-5-13-33/h6-9,16,18-21,26H,4-5,10-15,17,31H2,1-3H3/t20?,26-/m0/s1. The van der Waals surface area contributed by atoms with Crippen molar-refractivity contribution in [3.63, 3.8) is 0 Å². The van der Waals surface area contributed by atoms with Gasteiger partial charge in [-0.1, -0.05) is 12.1 Å². The summed E-state index contributed by atoms with van der Waals surface area (Å²) < 4.78 is 26.3. The molecular weight excluding hydrogens is 487 g/mol. The molecule has 38 heavy (non-hydrogen) atoms. The minimum absolute atomic E-state index is 0.0548. The van der Waals surface area contributed by atoms with Crippen LogP contribution in [0, 0.1) is 11.7 Å². The molecule has 2 aromatic rings. The molecule has 0 spiro atoms. The molecule has 8 nitrogen and oxygen atoms in total. The van der Waals surface area contributed by atoms with Gasteiger partial charge in [0.1, 0.15) is 11.9 Å². The van der Waals surface area contributed by atoms with E-state index in [4.69, 9.17) is 15.2 Å². The van der Waals surface area contributed by atoms with Crippen LogP contribution < -0.4 is 10.5 Å². The maximum atomic E-state index is 14.9. The van der Waals surface area contributed by atoms with Crippen LogP contribution in [0.2, 0.25) is 0 Å². The molecule has 2 atom stereocenters. The Labute approximate surface area is 224 Å². The smallest absolute Gasteiger partial charge is 0.410 e. The van der Waals surface area contributed by atoms with E-state index < -0.39 is 6.04 Å². The number of carbonyl (C=O) groups is 2. The first-order chi connectivity index (χ1) is 18.2. The van der Waals surface area contributed by atoms with Crippen LogP contribution in [0.15, 0.2) is 36.5 Å². The molecule has 206 valence electrons. The van der Waals surface area contributed by atoms with E-state index in [0.29, 0.717) is 36.0 Å². The summed E-state index contributed by atoms with van der Waals surface area (Å²) >= 11 is 0. The Bertz CT molecular complexity index is 1100. The normalized spacial score (nSPS) is 17.9. The lowest BCUT2D eigenvalue weighted by Gasteiger charge is -2.34. The number of nitrogens with two attached hydrogens (primary N) is 1. The first kappa shape index (κ1) is 27.8. The first-order valence-electron chi connectivity index (χ1n) is 13.6. The Balaban J connectivity index is 1.29. The topological polar surface area (TPSA) is 98.0 Å². The molecule has 2 saturated heterocycles. The van der Waals surface area contributed by atoms with Gasteiger partial charge in [-0.2, -0.15) is 0 Å². The van der Waals surface area contributed by atoms with Crippen molar-refractivity contribution >= 4 is 12.0 Å². The number of likely N-dealkylation sites (tertiary alicyclic amines) is 2. The highest BCUT2D eigenvalue weighted by atomic mass is 19.1. The van der Waals surface area contributed by atoms with E-state index in [1.54, 1.807) is 28.1 Å². The van der Waals surface area contributed by atoms with Gasteiger partial charge in [0.2, 0.25) is 11.8 Å². The Morgan fingerprint density at radius 2 is 1.71 bits per heavy atom. The second kappa shape index (κ2) is 12.6. The summed E-state index contributed by atoms with van der Waals surface area (Å²) in [5.74, 6) is 0.320. The van der Waals surface area contributed by atoms with Gasteiger partial charge in [-0.15, -0.1) is 0 Å². The lowest BCUT2D eigenvalue weighted by molar-refractivity contribution is -0.131. The van der Waals surface area contributed by atoms with Gasteiger partial charge in [0.05, 0.1) is 12.1 Å². The fraction of sp³-hybridized carbons (Fsp3) is 0.552. The third-order valence-corrected chi connectivity index (χ3v) is 7.40. The highest BCUT2D eigenvalue weighted by molar-refractivity contribution is 5.82. The maximum Gasteiger partial charge on any atom is 0.410 e. The predicted octanol–water partition coefficient (Wildman–Crippen LogP) is 4.40. The summed E-state index contributed by atoms with van der Waals surface area (Å²) in [6.07, 6.45) is 5.07. The Hall–Kier alpha value is -3.20. The molecule has 0 bridgehead atoms. The third-order valence-electron chi connectivity index (χ3n) is 7.40. The van der Waals surface area contributed by atoms with Gasteiger partial charge in [0.25, 0.3) is 0 Å². The molecule has 4 rings (SSSR count). The summed E-state index contributed by atoms with van der Waals surface area (Å²) in [5, 5.41) is 0. The number of ether oxygens (including phenoxy) is 2. The molecule has 1 unspecified atom stereocenters. The number of benzene rings is 1. The number of aromatic nitrogens is 1. The van der Waals surface area contributed by atoms with E-state index >= 15 is 0 Å². The van der Waals surface area contributed by atoms with Crippen molar-refractivity contribution in [2.75, 3.05) is 26.2 Å². The number of hydrogen-bond donors (Lipinski definition) is 1. The van der Waals surface area contributed by atoms with E-state index in [1.807, 2.05) is 32.9 Å². The highest BCUT2D eigenvalue weighted by Crippen LogP contribution is 2.27. The van der Waals surface area contributed by atoms with Crippen molar-refractivity contribution in [2.24, 2.45) is 11.7 Å². The fourth-order valence-corrected chi connectivity index (χ4v) is 5.12. The quantitative estimate of drug-likeness (QED) is 0.547. The van der Waals surface area contributed by atoms with Crippen molar-refractivity contribution in [3.05, 3.63) is 47.9 Å². The van der Waals surface area contributed by atoms with Crippen molar-refractivity contribution in [3.8, 4) is 17.0 Å². The molecule has 9 heteroatoms. The Morgan fingerprint density at radius 3 is 2.32 bits per heavy atom. The lowest BCUT2D eigenvalue weighted by Crippen LogP contribution is -2.43. The molecule has 2 aliphatic heterocycles. The van der Waals surface area contributed by atoms with E-state index in [1.165, 1.54) is 6.07 Å². The Kier molecular flexibility index (Phi) is 9.20. The molecular formula is C29H39FN4O4. The van der Waals surface area contributed by atoms with Crippen LogP contribution in [0.5, 0.6) is 5.88 Å². The van der Waals surface area contributed by atoms with E-state index in [0.717, 1.165) is 44.3 Å². The number of piperidine rings is 1. The first-order valence-corrected chi connectivity index (χ1v) is 13.6. The number of hydrogen-bond acceptors (Lipinski definition) is 6. The number of amides is 2.